The highest BCUT2D eigenvalue weighted by Crippen LogP contribution is 2.07. The number of carboxylic acid groups (broad SMARTS) is 1. The van der Waals surface area contributed by atoms with Crippen LogP contribution in [0.4, 0.5) is 0 Å². The molecular formula is C13H19N3O3. The minimum absolute atomic E-state index is 0.371. The number of hydrogen-bond acceptors (Lipinski definition) is 4. The molecular weight excluding hydrogens is 246 g/mol. The van der Waals surface area contributed by atoms with E-state index in [1.807, 2.05) is 6.92 Å². The third-order valence-corrected chi connectivity index (χ3v) is 2.80. The van der Waals surface area contributed by atoms with E-state index in [4.69, 9.17) is 5.11 Å². The Hall–Kier alpha value is -1.98. The van der Waals surface area contributed by atoms with Crippen LogP contribution in [-0.4, -0.2) is 33.2 Å². The summed E-state index contributed by atoms with van der Waals surface area (Å²) in [5.41, 5.74) is 1.48. The molecule has 6 nitrogen and oxygen atoms in total. The van der Waals surface area contributed by atoms with Crippen LogP contribution in [0.5, 0.6) is 0 Å². The minimum atomic E-state index is -1.02. The minimum Gasteiger partial charge on any atom is -0.480 e. The number of carbonyl (C=O) groups excluding carboxylic acids is 1. The van der Waals surface area contributed by atoms with Crippen molar-refractivity contribution in [1.82, 2.24) is 15.5 Å². The summed E-state index contributed by atoms with van der Waals surface area (Å²) in [6.07, 6.45) is 2.06. The number of aromatic nitrogens is 2. The van der Waals surface area contributed by atoms with Gasteiger partial charge in [0.25, 0.3) is 5.91 Å². The average molecular weight is 265 g/mol. The summed E-state index contributed by atoms with van der Waals surface area (Å²) in [4.78, 5) is 23.1. The second-order valence-corrected chi connectivity index (χ2v) is 4.49. The Morgan fingerprint density at radius 1 is 1.37 bits per heavy atom. The van der Waals surface area contributed by atoms with Crippen molar-refractivity contribution < 1.29 is 14.7 Å². The van der Waals surface area contributed by atoms with Gasteiger partial charge in [-0.15, -0.1) is 0 Å². The summed E-state index contributed by atoms with van der Waals surface area (Å²) < 4.78 is 0. The van der Waals surface area contributed by atoms with Gasteiger partial charge in [-0.25, -0.2) is 4.79 Å². The monoisotopic (exact) mass is 265 g/mol. The number of carboxylic acids is 1. The number of carbonyl (C=O) groups is 2. The maximum absolute atomic E-state index is 12.1. The van der Waals surface area contributed by atoms with Crippen molar-refractivity contribution in [3.63, 3.8) is 0 Å². The van der Waals surface area contributed by atoms with E-state index in [0.29, 0.717) is 23.4 Å². The molecule has 1 aromatic rings. The molecule has 0 spiro atoms. The van der Waals surface area contributed by atoms with Crippen LogP contribution in [0.25, 0.3) is 0 Å². The predicted molar refractivity (Wildman–Crippen MR) is 69.9 cm³/mol. The van der Waals surface area contributed by atoms with Gasteiger partial charge < -0.3 is 10.4 Å². The number of nitrogens with one attached hydrogen (secondary N) is 1. The number of amides is 1. The molecule has 0 saturated heterocycles. The molecule has 0 aliphatic rings. The first-order valence-corrected chi connectivity index (χ1v) is 6.30. The fraction of sp³-hybridized carbons (Fsp3) is 0.538. The first kappa shape index (κ1) is 15.1. The zero-order valence-electron chi connectivity index (χ0n) is 11.4. The normalized spacial score (nSPS) is 11.9. The molecule has 0 unspecified atom stereocenters. The summed E-state index contributed by atoms with van der Waals surface area (Å²) in [7, 11) is 0. The van der Waals surface area contributed by atoms with Crippen LogP contribution in [0, 0.1) is 13.8 Å². The second-order valence-electron chi connectivity index (χ2n) is 4.49. The Bertz CT molecular complexity index is 474. The molecule has 1 atom stereocenters. The molecule has 1 amide bonds. The lowest BCUT2D eigenvalue weighted by molar-refractivity contribution is -0.139. The average Bonchev–Trinajstić information content (AvgIpc) is 2.36. The molecule has 0 bridgehead atoms. The fourth-order valence-electron chi connectivity index (χ4n) is 1.68. The quantitative estimate of drug-likeness (QED) is 0.812. The predicted octanol–water partition coefficient (Wildman–Crippen LogP) is 1.47. The highest BCUT2D eigenvalue weighted by molar-refractivity contribution is 5.97. The maximum atomic E-state index is 12.1. The third-order valence-electron chi connectivity index (χ3n) is 2.80. The molecule has 0 saturated carbocycles. The van der Waals surface area contributed by atoms with Crippen molar-refractivity contribution in [2.45, 2.75) is 46.1 Å². The molecule has 1 aromatic heterocycles. The van der Waals surface area contributed by atoms with Gasteiger partial charge in [0.05, 0.1) is 17.0 Å². The van der Waals surface area contributed by atoms with E-state index >= 15 is 0 Å². The Balaban J connectivity index is 2.81. The number of aliphatic carboxylic acids is 1. The third kappa shape index (κ3) is 4.31. The lowest BCUT2D eigenvalue weighted by Gasteiger charge is -2.14. The molecule has 0 aromatic carbocycles. The van der Waals surface area contributed by atoms with Gasteiger partial charge in [-0.05, 0) is 26.3 Å². The summed E-state index contributed by atoms with van der Waals surface area (Å²) in [6, 6.07) is 0.747. The summed E-state index contributed by atoms with van der Waals surface area (Å²) in [6.45, 7) is 5.37. The molecule has 19 heavy (non-hydrogen) atoms. The van der Waals surface area contributed by atoms with E-state index in [9.17, 15) is 9.59 Å². The van der Waals surface area contributed by atoms with Crippen LogP contribution in [0.2, 0.25) is 0 Å². The largest absolute Gasteiger partial charge is 0.480 e. The Kier molecular flexibility index (Phi) is 5.41. The van der Waals surface area contributed by atoms with Crippen molar-refractivity contribution in [2.75, 3.05) is 0 Å². The highest BCUT2D eigenvalue weighted by Gasteiger charge is 2.21. The van der Waals surface area contributed by atoms with Gasteiger partial charge in [-0.2, -0.15) is 10.2 Å². The Morgan fingerprint density at radius 3 is 2.63 bits per heavy atom. The second kappa shape index (κ2) is 6.82. The summed E-state index contributed by atoms with van der Waals surface area (Å²) >= 11 is 0. The number of rotatable bonds is 6. The van der Waals surface area contributed by atoms with Crippen molar-refractivity contribution >= 4 is 11.9 Å². The number of unbranched alkanes of at least 4 members (excludes halogenated alkanes) is 1. The van der Waals surface area contributed by atoms with E-state index in [2.05, 4.69) is 15.5 Å². The lowest BCUT2D eigenvalue weighted by atomic mass is 10.1. The van der Waals surface area contributed by atoms with Crippen LogP contribution in [0.1, 0.15) is 47.9 Å². The fourth-order valence-corrected chi connectivity index (χ4v) is 1.68. The van der Waals surface area contributed by atoms with Crippen molar-refractivity contribution in [3.05, 3.63) is 23.0 Å². The van der Waals surface area contributed by atoms with Gasteiger partial charge in [0.15, 0.2) is 0 Å². The molecule has 1 rings (SSSR count). The molecule has 0 radical (unpaired) electrons. The van der Waals surface area contributed by atoms with Crippen molar-refractivity contribution in [1.29, 1.82) is 0 Å². The SMILES string of the molecule is CCCC[C@H](NC(=O)c1cc(C)nnc1C)C(=O)O. The standard InChI is InChI=1S/C13H19N3O3/c1-4-5-6-11(13(18)19)14-12(17)10-7-8(2)15-16-9(10)3/h7,11H,4-6H2,1-3H3,(H,14,17)(H,18,19)/t11-/m0/s1. The van der Waals surface area contributed by atoms with E-state index in [1.165, 1.54) is 0 Å². The number of hydrogen-bond donors (Lipinski definition) is 2. The van der Waals surface area contributed by atoms with E-state index < -0.39 is 17.9 Å². The number of nitrogens with zero attached hydrogens (tertiary/aromatic N) is 2. The molecule has 0 aliphatic heterocycles. The highest BCUT2D eigenvalue weighted by atomic mass is 16.4. The number of aryl methyl sites for hydroxylation is 2. The zero-order valence-corrected chi connectivity index (χ0v) is 11.4. The zero-order chi connectivity index (χ0) is 14.4. The van der Waals surface area contributed by atoms with Crippen LogP contribution < -0.4 is 5.32 Å². The van der Waals surface area contributed by atoms with Crippen molar-refractivity contribution in [3.8, 4) is 0 Å². The van der Waals surface area contributed by atoms with Gasteiger partial charge in [0.1, 0.15) is 6.04 Å². The van der Waals surface area contributed by atoms with Crippen LogP contribution in [0.3, 0.4) is 0 Å². The van der Waals surface area contributed by atoms with Gasteiger partial charge >= 0.3 is 5.97 Å². The first-order valence-electron chi connectivity index (χ1n) is 6.30. The van der Waals surface area contributed by atoms with E-state index in [1.54, 1.807) is 19.9 Å². The smallest absolute Gasteiger partial charge is 0.326 e. The van der Waals surface area contributed by atoms with E-state index in [0.717, 1.165) is 12.8 Å². The van der Waals surface area contributed by atoms with Gasteiger partial charge in [-0.1, -0.05) is 19.8 Å². The molecule has 104 valence electrons. The van der Waals surface area contributed by atoms with Crippen LogP contribution in [-0.2, 0) is 4.79 Å². The summed E-state index contributed by atoms with van der Waals surface area (Å²) in [5, 5.41) is 19.3. The summed E-state index contributed by atoms with van der Waals surface area (Å²) in [5.74, 6) is -1.43. The Morgan fingerprint density at radius 2 is 2.05 bits per heavy atom. The molecule has 0 aliphatic carbocycles. The molecule has 1 heterocycles. The van der Waals surface area contributed by atoms with E-state index in [-0.39, 0.29) is 0 Å². The molecule has 2 N–H and O–H groups in total. The molecule has 6 heteroatoms. The van der Waals surface area contributed by atoms with Gasteiger partial charge in [-0.3, -0.25) is 4.79 Å². The first-order chi connectivity index (χ1) is 8.95. The van der Waals surface area contributed by atoms with Crippen molar-refractivity contribution in [2.24, 2.45) is 0 Å². The topological polar surface area (TPSA) is 92.2 Å². The lowest BCUT2D eigenvalue weighted by Crippen LogP contribution is -2.41. The van der Waals surface area contributed by atoms with Gasteiger partial charge in [0, 0.05) is 0 Å². The van der Waals surface area contributed by atoms with Gasteiger partial charge in [0.2, 0.25) is 0 Å². The van der Waals surface area contributed by atoms with Crippen LogP contribution >= 0.6 is 0 Å². The molecule has 0 fully saturated rings. The maximum Gasteiger partial charge on any atom is 0.326 e. The Labute approximate surface area is 112 Å². The van der Waals surface area contributed by atoms with Crippen LogP contribution in [0.15, 0.2) is 6.07 Å².